The van der Waals surface area contributed by atoms with E-state index in [0.29, 0.717) is 18.2 Å². The Labute approximate surface area is 269 Å². The Bertz CT molecular complexity index is 1490. The molecule has 0 saturated carbocycles. The van der Waals surface area contributed by atoms with Crippen molar-refractivity contribution in [1.29, 1.82) is 0 Å². The summed E-state index contributed by atoms with van der Waals surface area (Å²) in [6.07, 6.45) is 7.45. The van der Waals surface area contributed by atoms with Gasteiger partial charge in [0, 0.05) is 50.7 Å². The lowest BCUT2D eigenvalue weighted by atomic mass is 9.96. The van der Waals surface area contributed by atoms with Crippen LogP contribution in [0.4, 0.5) is 0 Å². The van der Waals surface area contributed by atoms with E-state index in [1.54, 1.807) is 12.4 Å². The molecule has 1 amide bonds. The largest absolute Gasteiger partial charge is 0.473 e. The van der Waals surface area contributed by atoms with E-state index in [1.165, 1.54) is 11.1 Å². The van der Waals surface area contributed by atoms with Gasteiger partial charge in [-0.1, -0.05) is 97.1 Å². The van der Waals surface area contributed by atoms with Crippen LogP contribution in [-0.4, -0.2) is 82.1 Å². The van der Waals surface area contributed by atoms with Crippen molar-refractivity contribution < 1.29 is 24.6 Å². The van der Waals surface area contributed by atoms with Crippen LogP contribution in [0, 0.1) is 0 Å². The van der Waals surface area contributed by atoms with Gasteiger partial charge < -0.3 is 20.4 Å². The Morgan fingerprint density at radius 2 is 1.30 bits per heavy atom. The summed E-state index contributed by atoms with van der Waals surface area (Å²) in [5.74, 6) is -3.69. The summed E-state index contributed by atoms with van der Waals surface area (Å²) in [7, 11) is 0. The van der Waals surface area contributed by atoms with Crippen molar-refractivity contribution >= 4 is 29.5 Å². The first-order valence-electron chi connectivity index (χ1n) is 15.4. The summed E-state index contributed by atoms with van der Waals surface area (Å²) < 4.78 is 0. The van der Waals surface area contributed by atoms with Gasteiger partial charge in [0.15, 0.2) is 0 Å². The number of carboxylic acids is 2. The number of piperazine rings is 1. The molecule has 3 N–H and O–H groups in total. The molecule has 0 bridgehead atoms. The van der Waals surface area contributed by atoms with Crippen LogP contribution in [0.2, 0.25) is 0 Å². The maximum absolute atomic E-state index is 13.1. The smallest absolute Gasteiger partial charge is 0.414 e. The van der Waals surface area contributed by atoms with Crippen LogP contribution in [0.3, 0.4) is 0 Å². The predicted octanol–water partition coefficient (Wildman–Crippen LogP) is 5.08. The summed E-state index contributed by atoms with van der Waals surface area (Å²) in [5, 5.41) is 17.9. The SMILES string of the molecule is O=C(NCCCCN1CCN(C(c2ccccc2)c2ccccc2)CC1)/C(=C/c1cccnc1)c1ccccc1.O=C(O)C(=O)O. The topological polar surface area (TPSA) is 123 Å². The number of hydrogen-bond donors (Lipinski definition) is 3. The molecule has 5 rings (SSSR count). The summed E-state index contributed by atoms with van der Waals surface area (Å²) in [4.78, 5) is 40.7. The van der Waals surface area contributed by atoms with Crippen LogP contribution in [0.15, 0.2) is 116 Å². The minimum atomic E-state index is -1.82. The van der Waals surface area contributed by atoms with Gasteiger partial charge in [-0.3, -0.25) is 14.7 Å². The fourth-order valence-electron chi connectivity index (χ4n) is 5.41. The van der Waals surface area contributed by atoms with Crippen molar-refractivity contribution in [2.45, 2.75) is 18.9 Å². The average Bonchev–Trinajstić information content (AvgIpc) is 3.10. The van der Waals surface area contributed by atoms with E-state index in [-0.39, 0.29) is 5.91 Å². The van der Waals surface area contributed by atoms with Crippen LogP contribution < -0.4 is 5.32 Å². The molecule has 1 aliphatic rings. The Hall–Kier alpha value is -5.12. The normalized spacial score (nSPS) is 13.8. The molecule has 0 unspecified atom stereocenters. The van der Waals surface area contributed by atoms with E-state index >= 15 is 0 Å². The number of carbonyl (C=O) groups excluding carboxylic acids is 1. The molecule has 1 fully saturated rings. The highest BCUT2D eigenvalue weighted by Gasteiger charge is 2.26. The maximum atomic E-state index is 13.1. The van der Waals surface area contributed by atoms with Gasteiger partial charge >= 0.3 is 11.9 Å². The van der Waals surface area contributed by atoms with Crippen molar-refractivity contribution in [3.8, 4) is 0 Å². The molecule has 1 aromatic heterocycles. The van der Waals surface area contributed by atoms with E-state index in [2.05, 4.69) is 80.8 Å². The standard InChI is InChI=1S/C35H38N4O.C2H2O4/c40-35(33(30-14-4-1-5-15-30)27-29-13-12-20-36-28-29)37-21-10-11-22-38-23-25-39(26-24-38)34(31-16-6-2-7-17-31)32-18-8-3-9-19-32;3-1(4)2(5)6/h1-9,12-20,27-28,34H,10-11,21-26H2,(H,37,40);(H,3,4)(H,5,6)/b33-27+;. The second kappa shape index (κ2) is 18.0. The van der Waals surface area contributed by atoms with Gasteiger partial charge in [0.2, 0.25) is 0 Å². The van der Waals surface area contributed by atoms with Crippen molar-refractivity contribution in [1.82, 2.24) is 20.1 Å². The number of aromatic nitrogens is 1. The number of pyridine rings is 1. The molecule has 2 heterocycles. The number of carbonyl (C=O) groups is 3. The monoisotopic (exact) mass is 620 g/mol. The zero-order chi connectivity index (χ0) is 32.6. The fraction of sp³-hybridized carbons (Fsp3) is 0.243. The van der Waals surface area contributed by atoms with E-state index in [4.69, 9.17) is 19.8 Å². The van der Waals surface area contributed by atoms with Crippen LogP contribution in [0.5, 0.6) is 0 Å². The van der Waals surface area contributed by atoms with Crippen LogP contribution in [0.1, 0.15) is 41.1 Å². The summed E-state index contributed by atoms with van der Waals surface area (Å²) in [6.45, 7) is 5.95. The predicted molar refractivity (Wildman–Crippen MR) is 179 cm³/mol. The lowest BCUT2D eigenvalue weighted by molar-refractivity contribution is -0.159. The lowest BCUT2D eigenvalue weighted by Crippen LogP contribution is -2.48. The number of rotatable bonds is 11. The molecule has 1 saturated heterocycles. The fourth-order valence-corrected chi connectivity index (χ4v) is 5.41. The first kappa shape index (κ1) is 33.8. The third kappa shape index (κ3) is 10.5. The van der Waals surface area contributed by atoms with E-state index in [1.807, 2.05) is 48.5 Å². The highest BCUT2D eigenvalue weighted by Crippen LogP contribution is 2.29. The summed E-state index contributed by atoms with van der Waals surface area (Å²) in [5.41, 5.74) is 5.19. The van der Waals surface area contributed by atoms with Crippen molar-refractivity contribution in [3.63, 3.8) is 0 Å². The third-order valence-electron chi connectivity index (χ3n) is 7.70. The van der Waals surface area contributed by atoms with Crippen molar-refractivity contribution in [2.24, 2.45) is 0 Å². The van der Waals surface area contributed by atoms with Crippen molar-refractivity contribution in [3.05, 3.63) is 138 Å². The van der Waals surface area contributed by atoms with Gasteiger partial charge in [-0.25, -0.2) is 9.59 Å². The van der Waals surface area contributed by atoms with Crippen LogP contribution in [0.25, 0.3) is 11.6 Å². The number of carboxylic acid groups (broad SMARTS) is 2. The second-order valence-corrected chi connectivity index (χ2v) is 10.9. The first-order chi connectivity index (χ1) is 22.4. The van der Waals surface area contributed by atoms with Gasteiger partial charge in [0.25, 0.3) is 5.91 Å². The first-order valence-corrected chi connectivity index (χ1v) is 15.4. The van der Waals surface area contributed by atoms with Gasteiger partial charge in [-0.2, -0.15) is 0 Å². The molecule has 238 valence electrons. The summed E-state index contributed by atoms with van der Waals surface area (Å²) in [6, 6.07) is 35.7. The van der Waals surface area contributed by atoms with E-state index in [9.17, 15) is 4.79 Å². The molecule has 46 heavy (non-hydrogen) atoms. The molecule has 4 aromatic rings. The van der Waals surface area contributed by atoms with Crippen LogP contribution in [-0.2, 0) is 14.4 Å². The van der Waals surface area contributed by atoms with E-state index in [0.717, 1.165) is 56.7 Å². The Morgan fingerprint density at radius 3 is 1.83 bits per heavy atom. The quantitative estimate of drug-likeness (QED) is 0.121. The number of nitrogens with one attached hydrogen (secondary N) is 1. The Kier molecular flexibility index (Phi) is 13.2. The molecular weight excluding hydrogens is 580 g/mol. The number of aliphatic carboxylic acids is 2. The third-order valence-corrected chi connectivity index (χ3v) is 7.70. The molecule has 0 aliphatic carbocycles. The Balaban J connectivity index is 0.000000731. The summed E-state index contributed by atoms with van der Waals surface area (Å²) >= 11 is 0. The van der Waals surface area contributed by atoms with Crippen LogP contribution >= 0.6 is 0 Å². The maximum Gasteiger partial charge on any atom is 0.414 e. The highest BCUT2D eigenvalue weighted by atomic mass is 16.4. The molecule has 9 heteroatoms. The van der Waals surface area contributed by atoms with Gasteiger partial charge in [0.05, 0.1) is 6.04 Å². The molecule has 3 aromatic carbocycles. The molecule has 0 atom stereocenters. The number of nitrogens with zero attached hydrogens (tertiary/aromatic N) is 3. The van der Waals surface area contributed by atoms with Gasteiger partial charge in [0.1, 0.15) is 0 Å². The highest BCUT2D eigenvalue weighted by molar-refractivity contribution is 6.27. The van der Waals surface area contributed by atoms with Gasteiger partial charge in [-0.15, -0.1) is 0 Å². The number of benzene rings is 3. The zero-order valence-corrected chi connectivity index (χ0v) is 25.7. The molecule has 0 radical (unpaired) electrons. The van der Waals surface area contributed by atoms with E-state index < -0.39 is 11.9 Å². The van der Waals surface area contributed by atoms with Crippen molar-refractivity contribution in [2.75, 3.05) is 39.3 Å². The Morgan fingerprint density at radius 1 is 0.739 bits per heavy atom. The minimum absolute atomic E-state index is 0.0449. The lowest BCUT2D eigenvalue weighted by Gasteiger charge is -2.39. The zero-order valence-electron chi connectivity index (χ0n) is 25.7. The average molecular weight is 621 g/mol. The second-order valence-electron chi connectivity index (χ2n) is 10.9. The minimum Gasteiger partial charge on any atom is -0.473 e. The number of amides is 1. The molecular formula is C37H40N4O5. The molecule has 9 nitrogen and oxygen atoms in total. The molecule has 0 spiro atoms. The van der Waals surface area contributed by atoms with Gasteiger partial charge in [-0.05, 0) is 53.8 Å². The number of hydrogen-bond acceptors (Lipinski definition) is 6. The molecule has 1 aliphatic heterocycles. The number of unbranched alkanes of at least 4 members (excludes halogenated alkanes) is 1.